The number of hydrazine groups is 1. The van der Waals surface area contributed by atoms with Crippen molar-refractivity contribution in [2.24, 2.45) is 5.84 Å². The van der Waals surface area contributed by atoms with Crippen LogP contribution in [0.25, 0.3) is 0 Å². The molecule has 0 bridgehead atoms. The summed E-state index contributed by atoms with van der Waals surface area (Å²) in [5.41, 5.74) is 2.90. The minimum atomic E-state index is 0.304. The maximum Gasteiger partial charge on any atom is 0.0591 e. The van der Waals surface area contributed by atoms with Crippen molar-refractivity contribution in [2.45, 2.75) is 37.8 Å². The molecular weight excluding hydrogens is 288 g/mol. The zero-order valence-corrected chi connectivity index (χ0v) is 11.5. The summed E-state index contributed by atoms with van der Waals surface area (Å²) in [5, 5.41) is 2.10. The highest BCUT2D eigenvalue weighted by Gasteiger charge is 2.21. The zero-order chi connectivity index (χ0) is 11.4. The predicted octanol–water partition coefficient (Wildman–Crippen LogP) is 2.45. The van der Waals surface area contributed by atoms with Gasteiger partial charge in [0.25, 0.3) is 0 Å². The predicted molar refractivity (Wildman–Crippen MR) is 70.4 cm³/mol. The molecule has 1 saturated heterocycles. The second-order valence-electron chi connectivity index (χ2n) is 4.13. The largest absolute Gasteiger partial charge is 0.378 e. The molecule has 2 unspecified atom stereocenters. The van der Waals surface area contributed by atoms with Crippen molar-refractivity contribution < 1.29 is 4.74 Å². The Bertz CT molecular complexity index is 326. The second-order valence-corrected chi connectivity index (χ2v) is 5.99. The first kappa shape index (κ1) is 12.5. The van der Waals surface area contributed by atoms with Crippen LogP contribution in [-0.4, -0.2) is 18.8 Å². The Morgan fingerprint density at radius 3 is 3.12 bits per heavy atom. The van der Waals surface area contributed by atoms with Crippen molar-refractivity contribution in [3.63, 3.8) is 0 Å². The van der Waals surface area contributed by atoms with Gasteiger partial charge in [0, 0.05) is 22.0 Å². The van der Waals surface area contributed by atoms with E-state index >= 15 is 0 Å². The SMILES string of the molecule is NNC(Cc1sccc1Br)CC1CCCO1. The van der Waals surface area contributed by atoms with Crippen LogP contribution in [0.15, 0.2) is 15.9 Å². The molecule has 3 N–H and O–H groups in total. The van der Waals surface area contributed by atoms with Gasteiger partial charge in [0.1, 0.15) is 0 Å². The summed E-state index contributed by atoms with van der Waals surface area (Å²) in [6, 6.07) is 2.39. The molecule has 2 rings (SSSR count). The Morgan fingerprint density at radius 1 is 1.69 bits per heavy atom. The Balaban J connectivity index is 1.87. The average Bonchev–Trinajstić information content (AvgIpc) is 2.90. The van der Waals surface area contributed by atoms with Crippen LogP contribution < -0.4 is 11.3 Å². The highest BCUT2D eigenvalue weighted by atomic mass is 79.9. The monoisotopic (exact) mass is 304 g/mol. The van der Waals surface area contributed by atoms with Gasteiger partial charge < -0.3 is 4.74 Å². The molecule has 0 amide bonds. The lowest BCUT2D eigenvalue weighted by molar-refractivity contribution is 0.0946. The van der Waals surface area contributed by atoms with Gasteiger partial charge in [-0.15, -0.1) is 11.3 Å². The number of rotatable bonds is 5. The quantitative estimate of drug-likeness (QED) is 0.649. The fourth-order valence-corrected chi connectivity index (χ4v) is 3.65. The summed E-state index contributed by atoms with van der Waals surface area (Å²) in [6.45, 7) is 0.907. The molecule has 1 aromatic rings. The number of nitrogens with one attached hydrogen (secondary N) is 1. The molecule has 1 aliphatic rings. The van der Waals surface area contributed by atoms with Gasteiger partial charge in [0.2, 0.25) is 0 Å². The maximum absolute atomic E-state index is 5.63. The van der Waals surface area contributed by atoms with Crippen LogP contribution in [0.3, 0.4) is 0 Å². The Hall–Kier alpha value is 0.0600. The zero-order valence-electron chi connectivity index (χ0n) is 9.12. The lowest BCUT2D eigenvalue weighted by Gasteiger charge is -2.19. The molecule has 0 aliphatic carbocycles. The molecule has 1 aromatic heterocycles. The molecule has 0 saturated carbocycles. The fraction of sp³-hybridized carbons (Fsp3) is 0.636. The highest BCUT2D eigenvalue weighted by molar-refractivity contribution is 9.10. The summed E-state index contributed by atoms with van der Waals surface area (Å²) in [4.78, 5) is 1.35. The molecular formula is C11H17BrN2OS. The van der Waals surface area contributed by atoms with Crippen molar-refractivity contribution in [1.29, 1.82) is 0 Å². The first-order valence-corrected chi connectivity index (χ1v) is 7.26. The first-order valence-electron chi connectivity index (χ1n) is 5.59. The molecule has 2 atom stereocenters. The topological polar surface area (TPSA) is 47.3 Å². The summed E-state index contributed by atoms with van der Waals surface area (Å²) in [5.74, 6) is 5.60. The van der Waals surface area contributed by atoms with Gasteiger partial charge >= 0.3 is 0 Å². The number of nitrogens with two attached hydrogens (primary N) is 1. The van der Waals surface area contributed by atoms with Gasteiger partial charge in [-0.2, -0.15) is 0 Å². The minimum Gasteiger partial charge on any atom is -0.378 e. The van der Waals surface area contributed by atoms with Gasteiger partial charge in [0.15, 0.2) is 0 Å². The minimum absolute atomic E-state index is 0.304. The van der Waals surface area contributed by atoms with Crippen LogP contribution in [0.4, 0.5) is 0 Å². The van der Waals surface area contributed by atoms with E-state index in [4.69, 9.17) is 10.6 Å². The van der Waals surface area contributed by atoms with E-state index in [-0.39, 0.29) is 0 Å². The lowest BCUT2D eigenvalue weighted by Crippen LogP contribution is -2.39. The molecule has 90 valence electrons. The summed E-state index contributed by atoms with van der Waals surface area (Å²) in [6.07, 6.45) is 4.71. The Kier molecular flexibility index (Phi) is 4.79. The van der Waals surface area contributed by atoms with Crippen LogP contribution in [0.1, 0.15) is 24.1 Å². The van der Waals surface area contributed by atoms with Gasteiger partial charge in [-0.25, -0.2) is 0 Å². The van der Waals surface area contributed by atoms with E-state index in [2.05, 4.69) is 32.8 Å². The van der Waals surface area contributed by atoms with Crippen LogP contribution >= 0.6 is 27.3 Å². The van der Waals surface area contributed by atoms with Crippen LogP contribution in [-0.2, 0) is 11.2 Å². The van der Waals surface area contributed by atoms with E-state index in [1.54, 1.807) is 11.3 Å². The first-order chi connectivity index (χ1) is 7.79. The van der Waals surface area contributed by atoms with Crippen LogP contribution in [0, 0.1) is 0 Å². The molecule has 0 spiro atoms. The van der Waals surface area contributed by atoms with E-state index in [0.717, 1.165) is 19.4 Å². The van der Waals surface area contributed by atoms with Crippen molar-refractivity contribution in [2.75, 3.05) is 6.61 Å². The molecule has 2 heterocycles. The summed E-state index contributed by atoms with van der Waals surface area (Å²) < 4.78 is 6.82. The van der Waals surface area contributed by atoms with E-state index < -0.39 is 0 Å². The van der Waals surface area contributed by atoms with E-state index in [9.17, 15) is 0 Å². The Morgan fingerprint density at radius 2 is 2.56 bits per heavy atom. The number of ether oxygens (including phenoxy) is 1. The summed E-state index contributed by atoms with van der Waals surface area (Å²) >= 11 is 5.32. The van der Waals surface area contributed by atoms with Crippen molar-refractivity contribution in [1.82, 2.24) is 5.43 Å². The van der Waals surface area contributed by atoms with Gasteiger partial charge in [0.05, 0.1) is 6.10 Å². The molecule has 0 aromatic carbocycles. The van der Waals surface area contributed by atoms with Crippen LogP contribution in [0.5, 0.6) is 0 Å². The average molecular weight is 305 g/mol. The van der Waals surface area contributed by atoms with Gasteiger partial charge in [-0.3, -0.25) is 11.3 Å². The van der Waals surface area contributed by atoms with Crippen molar-refractivity contribution >= 4 is 27.3 Å². The molecule has 5 heteroatoms. The number of hydrogen-bond donors (Lipinski definition) is 2. The van der Waals surface area contributed by atoms with E-state index in [1.165, 1.54) is 22.2 Å². The van der Waals surface area contributed by atoms with Crippen LogP contribution in [0.2, 0.25) is 0 Å². The maximum atomic E-state index is 5.63. The number of hydrogen-bond acceptors (Lipinski definition) is 4. The fourth-order valence-electron chi connectivity index (χ4n) is 2.05. The highest BCUT2D eigenvalue weighted by Crippen LogP contribution is 2.26. The third-order valence-electron chi connectivity index (χ3n) is 2.93. The molecule has 3 nitrogen and oxygen atoms in total. The van der Waals surface area contributed by atoms with E-state index in [0.29, 0.717) is 12.1 Å². The third-order valence-corrected chi connectivity index (χ3v) is 4.88. The number of halogens is 1. The normalized spacial score (nSPS) is 22.5. The molecule has 1 aliphatic heterocycles. The molecule has 0 radical (unpaired) electrons. The molecule has 1 fully saturated rings. The Labute approximate surface area is 108 Å². The van der Waals surface area contributed by atoms with Crippen molar-refractivity contribution in [3.8, 4) is 0 Å². The number of thiophene rings is 1. The summed E-state index contributed by atoms with van der Waals surface area (Å²) in [7, 11) is 0. The smallest absolute Gasteiger partial charge is 0.0591 e. The van der Waals surface area contributed by atoms with Crippen molar-refractivity contribution in [3.05, 3.63) is 20.8 Å². The lowest BCUT2D eigenvalue weighted by atomic mass is 10.0. The standard InChI is InChI=1S/C11H17BrN2OS/c12-10-3-5-16-11(10)7-8(14-13)6-9-2-1-4-15-9/h3,5,8-9,14H,1-2,4,6-7,13H2. The third kappa shape index (κ3) is 3.28. The van der Waals surface area contributed by atoms with E-state index in [1.807, 2.05) is 0 Å². The van der Waals surface area contributed by atoms with Gasteiger partial charge in [-0.05, 0) is 53.1 Å². The van der Waals surface area contributed by atoms with Gasteiger partial charge in [-0.1, -0.05) is 0 Å². The molecule has 16 heavy (non-hydrogen) atoms. The second kappa shape index (κ2) is 6.12.